The quantitative estimate of drug-likeness (QED) is 0.690. The van der Waals surface area contributed by atoms with Gasteiger partial charge in [0.25, 0.3) is 0 Å². The summed E-state index contributed by atoms with van der Waals surface area (Å²) in [6.07, 6.45) is 3.62. The van der Waals surface area contributed by atoms with Gasteiger partial charge in [0.1, 0.15) is 4.90 Å². The second-order valence-corrected chi connectivity index (χ2v) is 8.31. The first kappa shape index (κ1) is 16.6. The van der Waals surface area contributed by atoms with Crippen LogP contribution in [0.4, 0.5) is 0 Å². The molecule has 0 amide bonds. The summed E-state index contributed by atoms with van der Waals surface area (Å²) < 4.78 is 27.1. The first-order chi connectivity index (χ1) is 9.46. The fourth-order valence-corrected chi connectivity index (χ4v) is 5.31. The van der Waals surface area contributed by atoms with E-state index in [2.05, 4.69) is 15.9 Å². The summed E-state index contributed by atoms with van der Waals surface area (Å²) in [7, 11) is -3.57. The van der Waals surface area contributed by atoms with Crippen molar-refractivity contribution in [1.29, 1.82) is 0 Å². The molecular formula is C13H16BrCl2NO2S. The third-order valence-corrected chi connectivity index (χ3v) is 6.70. The lowest BCUT2D eigenvalue weighted by atomic mass is 10.1. The summed E-state index contributed by atoms with van der Waals surface area (Å²) in [5, 5.41) is 1.49. The minimum atomic E-state index is -3.57. The van der Waals surface area contributed by atoms with E-state index in [1.165, 1.54) is 12.1 Å². The fraction of sp³-hybridized carbons (Fsp3) is 0.538. The van der Waals surface area contributed by atoms with E-state index in [-0.39, 0.29) is 16.0 Å². The normalized spacial score (nSPS) is 20.4. The predicted octanol–water partition coefficient (Wildman–Crippen LogP) is 4.32. The number of hydrogen-bond donors (Lipinski definition) is 0. The Morgan fingerprint density at radius 3 is 2.80 bits per heavy atom. The number of alkyl halides is 1. The molecule has 1 heterocycles. The summed E-state index contributed by atoms with van der Waals surface area (Å²) in [5.74, 6) is 0. The van der Waals surface area contributed by atoms with Crippen molar-refractivity contribution in [3.8, 4) is 0 Å². The zero-order valence-corrected chi connectivity index (χ0v) is 14.8. The summed E-state index contributed by atoms with van der Waals surface area (Å²) in [6, 6.07) is 4.61. The van der Waals surface area contributed by atoms with Crippen LogP contribution in [0.5, 0.6) is 0 Å². The molecule has 0 spiro atoms. The highest BCUT2D eigenvalue weighted by molar-refractivity contribution is 9.09. The maximum Gasteiger partial charge on any atom is 0.244 e. The molecule has 112 valence electrons. The second-order valence-electron chi connectivity index (χ2n) is 4.82. The van der Waals surface area contributed by atoms with Gasteiger partial charge in [0.15, 0.2) is 0 Å². The smallest absolute Gasteiger partial charge is 0.207 e. The van der Waals surface area contributed by atoms with E-state index in [0.717, 1.165) is 31.0 Å². The van der Waals surface area contributed by atoms with E-state index in [9.17, 15) is 8.42 Å². The van der Waals surface area contributed by atoms with Crippen LogP contribution in [0.1, 0.15) is 25.7 Å². The number of halogens is 3. The van der Waals surface area contributed by atoms with Gasteiger partial charge >= 0.3 is 0 Å². The van der Waals surface area contributed by atoms with Gasteiger partial charge < -0.3 is 0 Å². The van der Waals surface area contributed by atoms with E-state index in [1.54, 1.807) is 10.4 Å². The first-order valence-corrected chi connectivity index (χ1v) is 9.81. The molecule has 1 aliphatic rings. The molecule has 0 saturated carbocycles. The van der Waals surface area contributed by atoms with Crippen LogP contribution in [-0.4, -0.2) is 30.6 Å². The van der Waals surface area contributed by atoms with Gasteiger partial charge in [0, 0.05) is 22.9 Å². The average molecular weight is 401 g/mol. The van der Waals surface area contributed by atoms with Crippen LogP contribution in [0.15, 0.2) is 23.1 Å². The number of nitrogens with zero attached hydrogens (tertiary/aromatic N) is 1. The van der Waals surface area contributed by atoms with Crippen molar-refractivity contribution in [2.75, 3.05) is 11.9 Å². The predicted molar refractivity (Wildman–Crippen MR) is 86.4 cm³/mol. The van der Waals surface area contributed by atoms with Gasteiger partial charge in [-0.1, -0.05) is 39.1 Å². The minimum Gasteiger partial charge on any atom is -0.207 e. The monoisotopic (exact) mass is 399 g/mol. The molecule has 0 bridgehead atoms. The lowest BCUT2D eigenvalue weighted by Gasteiger charge is -2.24. The van der Waals surface area contributed by atoms with E-state index >= 15 is 0 Å². The van der Waals surface area contributed by atoms with Crippen LogP contribution < -0.4 is 0 Å². The van der Waals surface area contributed by atoms with Gasteiger partial charge in [0.2, 0.25) is 10.0 Å². The summed E-state index contributed by atoms with van der Waals surface area (Å²) in [6.45, 7) is 0.554. The van der Waals surface area contributed by atoms with Crippen molar-refractivity contribution in [3.05, 3.63) is 28.2 Å². The Kier molecular flexibility index (Phi) is 5.77. The molecular weight excluding hydrogens is 385 g/mol. The zero-order valence-electron chi connectivity index (χ0n) is 10.9. The Hall–Kier alpha value is 0.190. The molecule has 0 radical (unpaired) electrons. The van der Waals surface area contributed by atoms with Gasteiger partial charge in [-0.3, -0.25) is 0 Å². The standard InChI is InChI=1S/C13H16BrCl2NO2S/c14-7-1-3-11-4-2-8-17(11)20(18,19)13-9-10(15)5-6-12(13)16/h5-6,9,11H,1-4,7-8H2. The molecule has 1 aliphatic heterocycles. The largest absolute Gasteiger partial charge is 0.244 e. The Morgan fingerprint density at radius 2 is 2.10 bits per heavy atom. The number of hydrogen-bond acceptors (Lipinski definition) is 2. The summed E-state index contributed by atoms with van der Waals surface area (Å²) >= 11 is 15.3. The van der Waals surface area contributed by atoms with Crippen molar-refractivity contribution in [2.24, 2.45) is 0 Å². The molecule has 2 rings (SSSR count). The van der Waals surface area contributed by atoms with E-state index < -0.39 is 10.0 Å². The minimum absolute atomic E-state index is 0.0626. The molecule has 1 aromatic rings. The molecule has 7 heteroatoms. The molecule has 1 atom stereocenters. The molecule has 1 saturated heterocycles. The first-order valence-electron chi connectivity index (χ1n) is 6.49. The summed E-state index contributed by atoms with van der Waals surface area (Å²) in [4.78, 5) is 0.109. The molecule has 20 heavy (non-hydrogen) atoms. The lowest BCUT2D eigenvalue weighted by Crippen LogP contribution is -2.35. The van der Waals surface area contributed by atoms with Crippen LogP contribution in [0.3, 0.4) is 0 Å². The van der Waals surface area contributed by atoms with Gasteiger partial charge in [0.05, 0.1) is 5.02 Å². The Bertz CT molecular complexity index is 580. The SMILES string of the molecule is O=S(=O)(c1cc(Cl)ccc1Cl)N1CCCC1CCCBr. The van der Waals surface area contributed by atoms with Crippen LogP contribution >= 0.6 is 39.1 Å². The van der Waals surface area contributed by atoms with Crippen LogP contribution in [0.2, 0.25) is 10.0 Å². The van der Waals surface area contributed by atoms with Crippen molar-refractivity contribution >= 4 is 49.2 Å². The molecule has 0 aliphatic carbocycles. The molecule has 0 aromatic heterocycles. The molecule has 3 nitrogen and oxygen atoms in total. The second kappa shape index (κ2) is 6.97. The van der Waals surface area contributed by atoms with E-state index in [1.807, 2.05) is 0 Å². The third kappa shape index (κ3) is 3.50. The van der Waals surface area contributed by atoms with Crippen LogP contribution in [0, 0.1) is 0 Å². The zero-order chi connectivity index (χ0) is 14.8. The van der Waals surface area contributed by atoms with Crippen LogP contribution in [-0.2, 0) is 10.0 Å². The van der Waals surface area contributed by atoms with Gasteiger partial charge in [-0.15, -0.1) is 0 Å². The number of sulfonamides is 1. The maximum atomic E-state index is 12.8. The number of benzene rings is 1. The fourth-order valence-electron chi connectivity index (χ4n) is 2.53. The Balaban J connectivity index is 2.31. The van der Waals surface area contributed by atoms with Gasteiger partial charge in [-0.05, 0) is 43.9 Å². The van der Waals surface area contributed by atoms with E-state index in [4.69, 9.17) is 23.2 Å². The van der Waals surface area contributed by atoms with Crippen molar-refractivity contribution < 1.29 is 8.42 Å². The molecule has 1 unspecified atom stereocenters. The third-order valence-electron chi connectivity index (χ3n) is 3.47. The molecule has 1 fully saturated rings. The van der Waals surface area contributed by atoms with Crippen molar-refractivity contribution in [2.45, 2.75) is 36.6 Å². The highest BCUT2D eigenvalue weighted by Gasteiger charge is 2.35. The van der Waals surface area contributed by atoms with Gasteiger partial charge in [-0.25, -0.2) is 8.42 Å². The highest BCUT2D eigenvalue weighted by Crippen LogP contribution is 2.33. The highest BCUT2D eigenvalue weighted by atomic mass is 79.9. The number of rotatable bonds is 5. The summed E-state index contributed by atoms with van der Waals surface area (Å²) in [5.41, 5.74) is 0. The van der Waals surface area contributed by atoms with Crippen molar-refractivity contribution in [1.82, 2.24) is 4.31 Å². The van der Waals surface area contributed by atoms with E-state index in [0.29, 0.717) is 11.6 Å². The van der Waals surface area contributed by atoms with Gasteiger partial charge in [-0.2, -0.15) is 4.31 Å². The lowest BCUT2D eigenvalue weighted by molar-refractivity contribution is 0.369. The van der Waals surface area contributed by atoms with Crippen LogP contribution in [0.25, 0.3) is 0 Å². The molecule has 0 N–H and O–H groups in total. The molecule has 1 aromatic carbocycles. The average Bonchev–Trinajstić information content (AvgIpc) is 2.88. The maximum absolute atomic E-state index is 12.8. The Labute approximate surface area is 138 Å². The Morgan fingerprint density at radius 1 is 1.35 bits per heavy atom. The van der Waals surface area contributed by atoms with Crippen molar-refractivity contribution in [3.63, 3.8) is 0 Å². The topological polar surface area (TPSA) is 37.4 Å².